The maximum Gasteiger partial charge on any atom is 0.0671 e. The van der Waals surface area contributed by atoms with Crippen molar-refractivity contribution in [1.29, 1.82) is 5.26 Å². The van der Waals surface area contributed by atoms with Crippen LogP contribution in [-0.4, -0.2) is 13.6 Å². The van der Waals surface area contributed by atoms with Crippen LogP contribution in [0, 0.1) is 24.2 Å². The van der Waals surface area contributed by atoms with E-state index in [4.69, 9.17) is 16.9 Å². The van der Waals surface area contributed by atoms with Crippen LogP contribution < -0.4 is 4.90 Å². The lowest BCUT2D eigenvalue weighted by Crippen LogP contribution is -2.23. The highest BCUT2D eigenvalue weighted by Crippen LogP contribution is 2.25. The summed E-state index contributed by atoms with van der Waals surface area (Å²) in [6.07, 6.45) is 0. The molecule has 3 heteroatoms. The van der Waals surface area contributed by atoms with Crippen LogP contribution in [0.2, 0.25) is 5.02 Å². The van der Waals surface area contributed by atoms with Gasteiger partial charge < -0.3 is 4.90 Å². The van der Waals surface area contributed by atoms with Crippen LogP contribution in [0.5, 0.6) is 0 Å². The third kappa shape index (κ3) is 2.87. The molecule has 1 atom stereocenters. The van der Waals surface area contributed by atoms with Crippen molar-refractivity contribution in [2.75, 3.05) is 18.5 Å². The molecule has 1 unspecified atom stereocenters. The molecule has 1 rings (SSSR count). The molecule has 0 aliphatic heterocycles. The first-order valence-corrected chi connectivity index (χ1v) is 5.30. The van der Waals surface area contributed by atoms with E-state index in [2.05, 4.69) is 11.0 Å². The quantitative estimate of drug-likeness (QED) is 0.785. The zero-order valence-electron chi connectivity index (χ0n) is 9.29. The molecule has 0 aromatic heterocycles. The molecule has 0 aliphatic carbocycles. The van der Waals surface area contributed by atoms with E-state index >= 15 is 0 Å². The van der Waals surface area contributed by atoms with Crippen LogP contribution in [-0.2, 0) is 0 Å². The van der Waals surface area contributed by atoms with Crippen molar-refractivity contribution in [2.24, 2.45) is 5.92 Å². The predicted octanol–water partition coefficient (Wildman–Crippen LogP) is 3.24. The molecule has 0 spiro atoms. The lowest BCUT2D eigenvalue weighted by molar-refractivity contribution is 0.715. The Balaban J connectivity index is 2.87. The lowest BCUT2D eigenvalue weighted by atomic mass is 10.1. The van der Waals surface area contributed by atoms with Gasteiger partial charge in [0, 0.05) is 24.3 Å². The Morgan fingerprint density at radius 2 is 2.20 bits per heavy atom. The van der Waals surface area contributed by atoms with Gasteiger partial charge in [0.1, 0.15) is 0 Å². The highest BCUT2D eigenvalue weighted by Gasteiger charge is 2.09. The number of hydrogen-bond donors (Lipinski definition) is 0. The second-order valence-corrected chi connectivity index (χ2v) is 4.20. The van der Waals surface area contributed by atoms with E-state index in [0.717, 1.165) is 22.8 Å². The molecule has 80 valence electrons. The standard InChI is InChI=1S/C12H15ClN2/c1-9(7-14)8-15(3)12-6-4-5-11(13)10(12)2/h4-6,9H,8H2,1-3H3. The van der Waals surface area contributed by atoms with Crippen LogP contribution in [0.15, 0.2) is 18.2 Å². The fourth-order valence-corrected chi connectivity index (χ4v) is 1.73. The van der Waals surface area contributed by atoms with E-state index in [9.17, 15) is 0 Å². The SMILES string of the molecule is Cc1c(Cl)cccc1N(C)CC(C)C#N. The summed E-state index contributed by atoms with van der Waals surface area (Å²) in [5, 5.41) is 9.52. The summed E-state index contributed by atoms with van der Waals surface area (Å²) in [6, 6.07) is 8.05. The minimum atomic E-state index is 0.0216. The third-order valence-electron chi connectivity index (χ3n) is 2.42. The van der Waals surface area contributed by atoms with Crippen LogP contribution in [0.1, 0.15) is 12.5 Å². The van der Waals surface area contributed by atoms with Crippen molar-refractivity contribution in [3.05, 3.63) is 28.8 Å². The second kappa shape index (κ2) is 5.04. The van der Waals surface area contributed by atoms with E-state index in [1.54, 1.807) is 0 Å². The summed E-state index contributed by atoms with van der Waals surface area (Å²) in [6.45, 7) is 4.62. The highest BCUT2D eigenvalue weighted by atomic mass is 35.5. The molecule has 0 bridgehead atoms. The average Bonchev–Trinajstić information content (AvgIpc) is 2.21. The maximum absolute atomic E-state index is 8.75. The second-order valence-electron chi connectivity index (χ2n) is 3.79. The summed E-state index contributed by atoms with van der Waals surface area (Å²) in [5.41, 5.74) is 2.15. The number of hydrogen-bond acceptors (Lipinski definition) is 2. The van der Waals surface area contributed by atoms with Crippen LogP contribution in [0.25, 0.3) is 0 Å². The van der Waals surface area contributed by atoms with Gasteiger partial charge in [0.25, 0.3) is 0 Å². The van der Waals surface area contributed by atoms with Gasteiger partial charge in [0.15, 0.2) is 0 Å². The average molecular weight is 223 g/mol. The van der Waals surface area contributed by atoms with Gasteiger partial charge in [-0.15, -0.1) is 0 Å². The minimum absolute atomic E-state index is 0.0216. The molecule has 0 fully saturated rings. The molecule has 15 heavy (non-hydrogen) atoms. The van der Waals surface area contributed by atoms with E-state index in [1.807, 2.05) is 39.1 Å². The van der Waals surface area contributed by atoms with E-state index in [0.29, 0.717) is 0 Å². The minimum Gasteiger partial charge on any atom is -0.373 e. The van der Waals surface area contributed by atoms with Gasteiger partial charge in [0.05, 0.1) is 12.0 Å². The first-order valence-electron chi connectivity index (χ1n) is 4.92. The number of halogens is 1. The van der Waals surface area contributed by atoms with Gasteiger partial charge in [-0.25, -0.2) is 0 Å². The first-order chi connectivity index (χ1) is 7.06. The molecule has 0 aliphatic rings. The van der Waals surface area contributed by atoms with Gasteiger partial charge in [-0.3, -0.25) is 0 Å². The molecule has 0 amide bonds. The smallest absolute Gasteiger partial charge is 0.0671 e. The lowest BCUT2D eigenvalue weighted by Gasteiger charge is -2.22. The molecular formula is C12H15ClN2. The summed E-state index contributed by atoms with van der Waals surface area (Å²) >= 11 is 6.04. The van der Waals surface area contributed by atoms with Crippen LogP contribution in [0.4, 0.5) is 5.69 Å². The summed E-state index contributed by atoms with van der Waals surface area (Å²) in [5.74, 6) is 0.0216. The van der Waals surface area contributed by atoms with Gasteiger partial charge >= 0.3 is 0 Å². The van der Waals surface area contributed by atoms with Gasteiger partial charge in [0.2, 0.25) is 0 Å². The van der Waals surface area contributed by atoms with Gasteiger partial charge in [-0.2, -0.15) is 5.26 Å². The van der Waals surface area contributed by atoms with E-state index < -0.39 is 0 Å². The van der Waals surface area contributed by atoms with Crippen LogP contribution in [0.3, 0.4) is 0 Å². The van der Waals surface area contributed by atoms with Crippen molar-refractivity contribution in [3.8, 4) is 6.07 Å². The number of rotatable bonds is 3. The molecule has 0 heterocycles. The first kappa shape index (κ1) is 11.9. The topological polar surface area (TPSA) is 27.0 Å². The zero-order chi connectivity index (χ0) is 11.4. The van der Waals surface area contributed by atoms with Gasteiger partial charge in [-0.05, 0) is 31.5 Å². The molecule has 2 nitrogen and oxygen atoms in total. The van der Waals surface area contributed by atoms with Crippen molar-refractivity contribution in [1.82, 2.24) is 0 Å². The van der Waals surface area contributed by atoms with Crippen molar-refractivity contribution >= 4 is 17.3 Å². The monoisotopic (exact) mass is 222 g/mol. The Morgan fingerprint density at radius 3 is 2.80 bits per heavy atom. The Labute approximate surface area is 96.1 Å². The normalized spacial score (nSPS) is 11.9. The number of nitriles is 1. The van der Waals surface area contributed by atoms with Gasteiger partial charge in [-0.1, -0.05) is 17.7 Å². The number of nitrogens with zero attached hydrogens (tertiary/aromatic N) is 2. The highest BCUT2D eigenvalue weighted by molar-refractivity contribution is 6.31. The van der Waals surface area contributed by atoms with Crippen molar-refractivity contribution in [2.45, 2.75) is 13.8 Å². The van der Waals surface area contributed by atoms with E-state index in [1.165, 1.54) is 0 Å². The maximum atomic E-state index is 8.75. The predicted molar refractivity (Wildman–Crippen MR) is 64.2 cm³/mol. The fraction of sp³-hybridized carbons (Fsp3) is 0.417. The largest absolute Gasteiger partial charge is 0.373 e. The fourth-order valence-electron chi connectivity index (χ4n) is 1.56. The molecule has 0 N–H and O–H groups in total. The summed E-state index contributed by atoms with van der Waals surface area (Å²) < 4.78 is 0. The molecule has 1 aromatic carbocycles. The van der Waals surface area contributed by atoms with Crippen molar-refractivity contribution < 1.29 is 0 Å². The Kier molecular flexibility index (Phi) is 3.99. The molecule has 0 saturated heterocycles. The van der Waals surface area contributed by atoms with E-state index in [-0.39, 0.29) is 5.92 Å². The molecule has 0 saturated carbocycles. The number of anilines is 1. The summed E-state index contributed by atoms with van der Waals surface area (Å²) in [4.78, 5) is 2.06. The molecule has 1 aromatic rings. The molecular weight excluding hydrogens is 208 g/mol. The van der Waals surface area contributed by atoms with Crippen LogP contribution >= 0.6 is 11.6 Å². The zero-order valence-corrected chi connectivity index (χ0v) is 10.0. The third-order valence-corrected chi connectivity index (χ3v) is 2.83. The summed E-state index contributed by atoms with van der Waals surface area (Å²) in [7, 11) is 1.98. The van der Waals surface area contributed by atoms with Crippen molar-refractivity contribution in [3.63, 3.8) is 0 Å². The molecule has 0 radical (unpaired) electrons. The Morgan fingerprint density at radius 1 is 1.53 bits per heavy atom. The Bertz CT molecular complexity index is 382. The number of benzene rings is 1. The Hall–Kier alpha value is -1.20.